The Hall–Kier alpha value is -2.81. The van der Waals surface area contributed by atoms with E-state index >= 15 is 0 Å². The minimum atomic E-state index is -0.279. The molecule has 0 saturated carbocycles. The van der Waals surface area contributed by atoms with Gasteiger partial charge >= 0.3 is 5.97 Å². The molecule has 3 heteroatoms. The van der Waals surface area contributed by atoms with Crippen molar-refractivity contribution in [1.82, 2.24) is 0 Å². The maximum Gasteiger partial charge on any atom is 0.334 e. The molecule has 0 aromatic heterocycles. The predicted molar refractivity (Wildman–Crippen MR) is 94.9 cm³/mol. The van der Waals surface area contributed by atoms with Crippen molar-refractivity contribution in [2.24, 2.45) is 0 Å². The first-order valence-corrected chi connectivity index (χ1v) is 7.91. The van der Waals surface area contributed by atoms with Crippen LogP contribution in [0.5, 0.6) is 5.75 Å². The number of rotatable bonds is 4. The summed E-state index contributed by atoms with van der Waals surface area (Å²) < 4.78 is 10.2. The zero-order valence-electron chi connectivity index (χ0n) is 13.9. The molecule has 3 nitrogen and oxygen atoms in total. The summed E-state index contributed by atoms with van der Waals surface area (Å²) in [6, 6.07) is 18.1. The van der Waals surface area contributed by atoms with Crippen LogP contribution in [0.15, 0.2) is 72.3 Å². The number of benzene rings is 2. The molecule has 0 amide bonds. The Morgan fingerprint density at radius 3 is 2.29 bits per heavy atom. The molecule has 1 atom stereocenters. The summed E-state index contributed by atoms with van der Waals surface area (Å²) in [5, 5.41) is 0. The zero-order chi connectivity index (χ0) is 16.9. The van der Waals surface area contributed by atoms with E-state index in [0.29, 0.717) is 5.57 Å². The van der Waals surface area contributed by atoms with Gasteiger partial charge in [0.1, 0.15) is 5.75 Å². The van der Waals surface area contributed by atoms with Crippen LogP contribution in [-0.2, 0) is 9.53 Å². The Morgan fingerprint density at radius 2 is 1.67 bits per heavy atom. The quantitative estimate of drug-likeness (QED) is 0.785. The number of allylic oxidation sites excluding steroid dienone is 3. The van der Waals surface area contributed by atoms with E-state index in [-0.39, 0.29) is 11.9 Å². The van der Waals surface area contributed by atoms with Crippen LogP contribution >= 0.6 is 0 Å². The van der Waals surface area contributed by atoms with Crippen molar-refractivity contribution in [1.29, 1.82) is 0 Å². The first-order valence-electron chi connectivity index (χ1n) is 7.91. The minimum absolute atomic E-state index is 0.0245. The predicted octanol–water partition coefficient (Wildman–Crippen LogP) is 4.37. The second kappa shape index (κ2) is 7.18. The fraction of sp³-hybridized carbons (Fsp3) is 0.190. The van der Waals surface area contributed by atoms with Crippen molar-refractivity contribution >= 4 is 11.5 Å². The van der Waals surface area contributed by atoms with E-state index in [2.05, 4.69) is 12.1 Å². The Balaban J connectivity index is 1.98. The standard InChI is InChI=1S/C21H20O3/c1-23-18-11-8-16(9-12-18)20-14-17(15-6-4-3-5-7-15)10-13-19(20)21(22)24-2/h3-13,20H,14H2,1-2H3/t20-/m1/s1. The SMILES string of the molecule is COC(=O)C1=CC=C(c2ccccc2)C[C@@H]1c1ccc(OC)cc1. The van der Waals surface area contributed by atoms with Crippen molar-refractivity contribution < 1.29 is 14.3 Å². The first-order chi connectivity index (χ1) is 11.7. The summed E-state index contributed by atoms with van der Waals surface area (Å²) in [6.07, 6.45) is 4.66. The highest BCUT2D eigenvalue weighted by molar-refractivity contribution is 5.92. The molecule has 2 aromatic rings. The van der Waals surface area contributed by atoms with E-state index in [0.717, 1.165) is 17.7 Å². The fourth-order valence-electron chi connectivity index (χ4n) is 3.03. The van der Waals surface area contributed by atoms with Gasteiger partial charge in [-0.2, -0.15) is 0 Å². The lowest BCUT2D eigenvalue weighted by molar-refractivity contribution is -0.136. The summed E-state index contributed by atoms with van der Waals surface area (Å²) in [5.74, 6) is 0.500. The number of ether oxygens (including phenoxy) is 2. The summed E-state index contributed by atoms with van der Waals surface area (Å²) in [7, 11) is 3.07. The maximum absolute atomic E-state index is 12.2. The topological polar surface area (TPSA) is 35.5 Å². The number of methoxy groups -OCH3 is 2. The molecule has 0 radical (unpaired) electrons. The highest BCUT2D eigenvalue weighted by Crippen LogP contribution is 2.39. The summed E-state index contributed by atoms with van der Waals surface area (Å²) in [4.78, 5) is 12.2. The smallest absolute Gasteiger partial charge is 0.334 e. The van der Waals surface area contributed by atoms with Gasteiger partial charge in [0.05, 0.1) is 14.2 Å². The number of esters is 1. The molecule has 1 aliphatic carbocycles. The molecular weight excluding hydrogens is 300 g/mol. The van der Waals surface area contributed by atoms with Crippen molar-refractivity contribution in [2.75, 3.05) is 14.2 Å². The van der Waals surface area contributed by atoms with Crippen LogP contribution in [0.25, 0.3) is 5.57 Å². The Kier molecular flexibility index (Phi) is 4.80. The number of hydrogen-bond acceptors (Lipinski definition) is 3. The molecule has 0 bridgehead atoms. The fourth-order valence-corrected chi connectivity index (χ4v) is 3.03. The van der Waals surface area contributed by atoms with E-state index < -0.39 is 0 Å². The average molecular weight is 320 g/mol. The summed E-state index contributed by atoms with van der Waals surface area (Å²) in [6.45, 7) is 0. The molecule has 24 heavy (non-hydrogen) atoms. The molecule has 0 saturated heterocycles. The molecule has 122 valence electrons. The first kappa shape index (κ1) is 16.1. The van der Waals surface area contributed by atoms with Gasteiger partial charge in [0.15, 0.2) is 0 Å². The van der Waals surface area contributed by atoms with Crippen LogP contribution in [-0.4, -0.2) is 20.2 Å². The Bertz CT molecular complexity index is 770. The van der Waals surface area contributed by atoms with Crippen molar-refractivity contribution in [3.05, 3.63) is 83.4 Å². The van der Waals surface area contributed by atoms with Gasteiger partial charge in [-0.15, -0.1) is 0 Å². The normalized spacial score (nSPS) is 16.8. The third-order valence-corrected chi connectivity index (χ3v) is 4.35. The lowest BCUT2D eigenvalue weighted by atomic mass is 9.80. The second-order valence-electron chi connectivity index (χ2n) is 5.70. The van der Waals surface area contributed by atoms with Crippen molar-refractivity contribution in [2.45, 2.75) is 12.3 Å². The molecule has 3 rings (SSSR count). The third-order valence-electron chi connectivity index (χ3n) is 4.35. The summed E-state index contributed by atoms with van der Waals surface area (Å²) in [5.41, 5.74) is 4.15. The number of carbonyl (C=O) groups excluding carboxylic acids is 1. The van der Waals surface area contributed by atoms with Crippen molar-refractivity contribution in [3.8, 4) is 5.75 Å². The average Bonchev–Trinajstić information content (AvgIpc) is 2.67. The van der Waals surface area contributed by atoms with Crippen LogP contribution < -0.4 is 4.74 Å². The molecule has 0 unspecified atom stereocenters. The molecule has 0 spiro atoms. The van der Waals surface area contributed by atoms with Crippen LogP contribution in [0.2, 0.25) is 0 Å². The number of hydrogen-bond donors (Lipinski definition) is 0. The highest BCUT2D eigenvalue weighted by atomic mass is 16.5. The van der Waals surface area contributed by atoms with E-state index in [9.17, 15) is 4.79 Å². The van der Waals surface area contributed by atoms with Gasteiger partial charge in [-0.1, -0.05) is 54.6 Å². The minimum Gasteiger partial charge on any atom is -0.497 e. The van der Waals surface area contributed by atoms with Gasteiger partial charge in [0.25, 0.3) is 0 Å². The van der Waals surface area contributed by atoms with Gasteiger partial charge in [0, 0.05) is 11.5 Å². The molecule has 0 fully saturated rings. The van der Waals surface area contributed by atoms with E-state index in [1.807, 2.05) is 54.6 Å². The molecule has 2 aromatic carbocycles. The molecular formula is C21H20O3. The lowest BCUT2D eigenvalue weighted by Gasteiger charge is -2.24. The lowest BCUT2D eigenvalue weighted by Crippen LogP contribution is -2.16. The van der Waals surface area contributed by atoms with Gasteiger partial charge in [-0.05, 0) is 35.3 Å². The second-order valence-corrected chi connectivity index (χ2v) is 5.70. The van der Waals surface area contributed by atoms with E-state index in [1.165, 1.54) is 18.2 Å². The Morgan fingerprint density at radius 1 is 0.958 bits per heavy atom. The van der Waals surface area contributed by atoms with Gasteiger partial charge < -0.3 is 9.47 Å². The molecule has 0 aliphatic heterocycles. The summed E-state index contributed by atoms with van der Waals surface area (Å²) >= 11 is 0. The highest BCUT2D eigenvalue weighted by Gasteiger charge is 2.27. The van der Waals surface area contributed by atoms with Crippen molar-refractivity contribution in [3.63, 3.8) is 0 Å². The van der Waals surface area contributed by atoms with Crippen LogP contribution in [0.3, 0.4) is 0 Å². The zero-order valence-corrected chi connectivity index (χ0v) is 13.9. The number of carbonyl (C=O) groups is 1. The third kappa shape index (κ3) is 3.25. The van der Waals surface area contributed by atoms with E-state index in [4.69, 9.17) is 9.47 Å². The van der Waals surface area contributed by atoms with Gasteiger partial charge in [-0.25, -0.2) is 4.79 Å². The molecule has 0 N–H and O–H groups in total. The van der Waals surface area contributed by atoms with Crippen LogP contribution in [0, 0.1) is 0 Å². The van der Waals surface area contributed by atoms with Crippen LogP contribution in [0.1, 0.15) is 23.5 Å². The monoisotopic (exact) mass is 320 g/mol. The largest absolute Gasteiger partial charge is 0.497 e. The van der Waals surface area contributed by atoms with Gasteiger partial charge in [0.2, 0.25) is 0 Å². The molecule has 1 aliphatic rings. The Labute approximate surface area is 142 Å². The molecule has 0 heterocycles. The van der Waals surface area contributed by atoms with Gasteiger partial charge in [-0.3, -0.25) is 0 Å². The van der Waals surface area contributed by atoms with Crippen LogP contribution in [0.4, 0.5) is 0 Å². The van der Waals surface area contributed by atoms with E-state index in [1.54, 1.807) is 7.11 Å². The maximum atomic E-state index is 12.2.